The van der Waals surface area contributed by atoms with Crippen molar-refractivity contribution in [3.8, 4) is 0 Å². The first-order valence-electron chi connectivity index (χ1n) is 10.8. The maximum absolute atomic E-state index is 12.5. The van der Waals surface area contributed by atoms with Gasteiger partial charge in [-0.1, -0.05) is 0 Å². The third kappa shape index (κ3) is 4.96. The van der Waals surface area contributed by atoms with Gasteiger partial charge in [0.2, 0.25) is 5.91 Å². The van der Waals surface area contributed by atoms with Crippen molar-refractivity contribution in [2.24, 2.45) is 0 Å². The van der Waals surface area contributed by atoms with E-state index in [-0.39, 0.29) is 11.5 Å². The van der Waals surface area contributed by atoms with Crippen LogP contribution in [0.3, 0.4) is 0 Å². The molecule has 2 aromatic heterocycles. The Morgan fingerprint density at radius 2 is 2.00 bits per heavy atom. The number of hydrogen-bond donors (Lipinski definition) is 2. The zero-order chi connectivity index (χ0) is 21.8. The second kappa shape index (κ2) is 9.87. The number of thioether (sulfide) groups is 1. The van der Waals surface area contributed by atoms with Crippen molar-refractivity contribution >= 4 is 50.6 Å². The lowest BCUT2D eigenvalue weighted by molar-refractivity contribution is -0.115. The molecule has 3 aromatic rings. The van der Waals surface area contributed by atoms with E-state index < -0.39 is 0 Å². The van der Waals surface area contributed by atoms with E-state index in [0.717, 1.165) is 53.9 Å². The number of aromatic nitrogens is 2. The summed E-state index contributed by atoms with van der Waals surface area (Å²) in [6, 6.07) is 7.97. The van der Waals surface area contributed by atoms with Crippen LogP contribution in [0.5, 0.6) is 0 Å². The summed E-state index contributed by atoms with van der Waals surface area (Å²) in [5.41, 5.74) is 3.15. The first-order chi connectivity index (χ1) is 15.1. The van der Waals surface area contributed by atoms with Gasteiger partial charge in [0, 0.05) is 41.5 Å². The van der Waals surface area contributed by atoms with Gasteiger partial charge in [-0.25, -0.2) is 4.98 Å². The molecule has 0 unspecified atom stereocenters. The molecule has 0 bridgehead atoms. The van der Waals surface area contributed by atoms with Crippen molar-refractivity contribution in [3.05, 3.63) is 50.9 Å². The van der Waals surface area contributed by atoms with Crippen molar-refractivity contribution in [3.63, 3.8) is 0 Å². The molecule has 8 heteroatoms. The van der Waals surface area contributed by atoms with E-state index in [0.29, 0.717) is 23.8 Å². The number of carbonyl (C=O) groups is 1. The fourth-order valence-corrected chi connectivity index (χ4v) is 6.10. The van der Waals surface area contributed by atoms with Crippen molar-refractivity contribution in [2.75, 3.05) is 29.1 Å². The van der Waals surface area contributed by atoms with Gasteiger partial charge < -0.3 is 15.2 Å². The fourth-order valence-electron chi connectivity index (χ4n) is 4.02. The number of nitrogens with zero attached hydrogens (tertiary/aromatic N) is 2. The predicted molar refractivity (Wildman–Crippen MR) is 132 cm³/mol. The minimum Gasteiger partial charge on any atom is -0.372 e. The zero-order valence-corrected chi connectivity index (χ0v) is 19.6. The molecule has 0 aliphatic heterocycles. The standard InChI is InChI=1S/C23H28N4O2S2/c1-3-27(4-2)16-10-8-15(9-11-16)24-20(28)12-13-30-14-19-25-22(29)21-17-6-5-7-18(17)31-23(21)26-19/h8-11H,3-7,12-14H2,1-2H3,(H,24,28)(H,25,26,29). The molecule has 2 heterocycles. The lowest BCUT2D eigenvalue weighted by Gasteiger charge is -2.21. The van der Waals surface area contributed by atoms with Crippen LogP contribution in [0.2, 0.25) is 0 Å². The highest BCUT2D eigenvalue weighted by Gasteiger charge is 2.21. The number of fused-ring (bicyclic) bond motifs is 3. The van der Waals surface area contributed by atoms with E-state index >= 15 is 0 Å². The maximum atomic E-state index is 12.5. The fraction of sp³-hybridized carbons (Fsp3) is 0.435. The summed E-state index contributed by atoms with van der Waals surface area (Å²) in [6.07, 6.45) is 3.60. The summed E-state index contributed by atoms with van der Waals surface area (Å²) in [5, 5.41) is 3.74. The molecule has 1 aliphatic carbocycles. The molecular formula is C23H28N4O2S2. The average molecular weight is 457 g/mol. The monoisotopic (exact) mass is 456 g/mol. The molecule has 164 valence electrons. The molecule has 0 saturated carbocycles. The number of benzene rings is 1. The van der Waals surface area contributed by atoms with Gasteiger partial charge in [0.05, 0.1) is 11.1 Å². The SMILES string of the molecule is CCN(CC)c1ccc(NC(=O)CCSCc2nc3sc4c(c3c(=O)[nH]2)CCC4)cc1. The van der Waals surface area contributed by atoms with Crippen LogP contribution in [0, 0.1) is 0 Å². The second-order valence-corrected chi connectivity index (χ2v) is 9.81. The third-order valence-corrected chi connectivity index (χ3v) is 7.77. The number of anilines is 2. The summed E-state index contributed by atoms with van der Waals surface area (Å²) in [5.74, 6) is 1.95. The molecule has 1 aliphatic rings. The van der Waals surface area contributed by atoms with Gasteiger partial charge in [0.15, 0.2) is 0 Å². The molecule has 1 amide bonds. The van der Waals surface area contributed by atoms with Gasteiger partial charge in [0.25, 0.3) is 5.56 Å². The molecule has 0 saturated heterocycles. The molecule has 0 fully saturated rings. The van der Waals surface area contributed by atoms with Crippen LogP contribution in [0.25, 0.3) is 10.2 Å². The molecule has 0 atom stereocenters. The Kier molecular flexibility index (Phi) is 6.97. The number of nitrogens with one attached hydrogen (secondary N) is 2. The van der Waals surface area contributed by atoms with Crippen LogP contribution in [-0.2, 0) is 23.4 Å². The number of rotatable bonds is 9. The molecule has 2 N–H and O–H groups in total. The van der Waals surface area contributed by atoms with Crippen LogP contribution in [0.4, 0.5) is 11.4 Å². The van der Waals surface area contributed by atoms with E-state index in [1.165, 1.54) is 10.4 Å². The van der Waals surface area contributed by atoms with Crippen LogP contribution in [0.15, 0.2) is 29.1 Å². The quantitative estimate of drug-likeness (QED) is 0.461. The molecule has 1 aromatic carbocycles. The number of H-pyrrole nitrogens is 1. The van der Waals surface area contributed by atoms with Gasteiger partial charge in [0.1, 0.15) is 10.7 Å². The molecular weight excluding hydrogens is 428 g/mol. The smallest absolute Gasteiger partial charge is 0.259 e. The van der Waals surface area contributed by atoms with Crippen LogP contribution in [-0.4, -0.2) is 34.7 Å². The summed E-state index contributed by atoms with van der Waals surface area (Å²) in [4.78, 5) is 36.8. The number of carbonyl (C=O) groups excluding carboxylic acids is 1. The largest absolute Gasteiger partial charge is 0.372 e. The molecule has 0 spiro atoms. The Balaban J connectivity index is 1.26. The van der Waals surface area contributed by atoms with Crippen LogP contribution < -0.4 is 15.8 Å². The van der Waals surface area contributed by atoms with E-state index in [1.807, 2.05) is 24.3 Å². The number of thiophene rings is 1. The number of amides is 1. The highest BCUT2D eigenvalue weighted by molar-refractivity contribution is 7.98. The van der Waals surface area contributed by atoms with Gasteiger partial charge in [-0.05, 0) is 62.9 Å². The normalized spacial score (nSPS) is 12.8. The van der Waals surface area contributed by atoms with Crippen molar-refractivity contribution < 1.29 is 4.79 Å². The Hall–Kier alpha value is -2.32. The number of aromatic amines is 1. The Labute approximate surface area is 190 Å². The molecule has 6 nitrogen and oxygen atoms in total. The summed E-state index contributed by atoms with van der Waals surface area (Å²) < 4.78 is 0. The van der Waals surface area contributed by atoms with Gasteiger partial charge in [-0.15, -0.1) is 11.3 Å². The zero-order valence-electron chi connectivity index (χ0n) is 18.0. The highest BCUT2D eigenvalue weighted by atomic mass is 32.2. The van der Waals surface area contributed by atoms with E-state index in [9.17, 15) is 9.59 Å². The van der Waals surface area contributed by atoms with Crippen LogP contribution in [0.1, 0.15) is 43.0 Å². The minimum atomic E-state index is -0.0223. The molecule has 4 rings (SSSR count). The summed E-state index contributed by atoms with van der Waals surface area (Å²) in [7, 11) is 0. The second-order valence-electron chi connectivity index (χ2n) is 7.62. The van der Waals surface area contributed by atoms with E-state index in [1.54, 1.807) is 23.1 Å². The Morgan fingerprint density at radius 3 is 2.74 bits per heavy atom. The Morgan fingerprint density at radius 1 is 1.23 bits per heavy atom. The minimum absolute atomic E-state index is 0.00493. The molecule has 0 radical (unpaired) electrons. The van der Waals surface area contributed by atoms with Crippen LogP contribution >= 0.6 is 23.1 Å². The third-order valence-electron chi connectivity index (χ3n) is 5.62. The maximum Gasteiger partial charge on any atom is 0.259 e. The van der Waals surface area contributed by atoms with Gasteiger partial charge >= 0.3 is 0 Å². The van der Waals surface area contributed by atoms with E-state index in [4.69, 9.17) is 0 Å². The number of aryl methyl sites for hydroxylation is 2. The van der Waals surface area contributed by atoms with Crippen molar-refractivity contribution in [1.82, 2.24) is 9.97 Å². The Bertz CT molecular complexity index is 1120. The lowest BCUT2D eigenvalue weighted by atomic mass is 10.2. The molecule has 31 heavy (non-hydrogen) atoms. The highest BCUT2D eigenvalue weighted by Crippen LogP contribution is 2.34. The van der Waals surface area contributed by atoms with E-state index in [2.05, 4.69) is 34.0 Å². The number of hydrogen-bond acceptors (Lipinski definition) is 6. The topological polar surface area (TPSA) is 78.1 Å². The summed E-state index contributed by atoms with van der Waals surface area (Å²) in [6.45, 7) is 6.18. The van der Waals surface area contributed by atoms with Gasteiger partial charge in [-0.3, -0.25) is 9.59 Å². The van der Waals surface area contributed by atoms with Gasteiger partial charge in [-0.2, -0.15) is 11.8 Å². The summed E-state index contributed by atoms with van der Waals surface area (Å²) >= 11 is 3.27. The lowest BCUT2D eigenvalue weighted by Crippen LogP contribution is -2.21. The first-order valence-corrected chi connectivity index (χ1v) is 12.8. The first kappa shape index (κ1) is 21.9. The van der Waals surface area contributed by atoms with Crippen molar-refractivity contribution in [2.45, 2.75) is 45.3 Å². The average Bonchev–Trinajstić information content (AvgIpc) is 3.34. The predicted octanol–water partition coefficient (Wildman–Crippen LogP) is 4.58. The van der Waals surface area contributed by atoms with Crippen molar-refractivity contribution in [1.29, 1.82) is 0 Å².